The average Bonchev–Trinajstić information content (AvgIpc) is 3.28. The van der Waals surface area contributed by atoms with Gasteiger partial charge in [-0.3, -0.25) is 9.59 Å². The van der Waals surface area contributed by atoms with Crippen LogP contribution in [0.25, 0.3) is 0 Å². The van der Waals surface area contributed by atoms with Crippen molar-refractivity contribution < 1.29 is 19.1 Å². The molecule has 3 heterocycles. The fourth-order valence-corrected chi connectivity index (χ4v) is 6.27. The lowest BCUT2D eigenvalue weighted by molar-refractivity contribution is -0.178. The lowest BCUT2D eigenvalue weighted by Gasteiger charge is -2.61. The maximum atomic E-state index is 13.3. The molecule has 3 atom stereocenters. The highest BCUT2D eigenvalue weighted by atomic mass is 32.2. The zero-order valence-corrected chi connectivity index (χ0v) is 16.0. The second-order valence-electron chi connectivity index (χ2n) is 7.24. The average molecular weight is 394 g/mol. The van der Waals surface area contributed by atoms with Gasteiger partial charge in [-0.15, -0.1) is 11.8 Å². The molecule has 0 unspecified atom stereocenters. The number of hydrogen-bond donors (Lipinski definition) is 0. The summed E-state index contributed by atoms with van der Waals surface area (Å²) in [4.78, 5) is 41.3. The summed E-state index contributed by atoms with van der Waals surface area (Å²) in [5.41, 5.74) is 0.180. The van der Waals surface area contributed by atoms with Gasteiger partial charge in [0.25, 0.3) is 11.8 Å². The van der Waals surface area contributed by atoms with Crippen LogP contribution in [0.3, 0.4) is 0 Å². The maximum Gasteiger partial charge on any atom is 0.418 e. The zero-order chi connectivity index (χ0) is 19.5. The molecule has 0 saturated carbocycles. The van der Waals surface area contributed by atoms with E-state index in [1.54, 1.807) is 47.9 Å². The van der Waals surface area contributed by atoms with Gasteiger partial charge in [-0.25, -0.2) is 9.69 Å². The molecular formula is C21H18N2O4S. The summed E-state index contributed by atoms with van der Waals surface area (Å²) in [7, 11) is 0. The molecule has 142 valence electrons. The minimum absolute atomic E-state index is 0.222. The van der Waals surface area contributed by atoms with Crippen molar-refractivity contribution >= 4 is 29.7 Å². The van der Waals surface area contributed by atoms with Gasteiger partial charge in [0.2, 0.25) is 6.10 Å². The maximum absolute atomic E-state index is 13.3. The number of rotatable bonds is 3. The van der Waals surface area contributed by atoms with Crippen molar-refractivity contribution in [2.75, 3.05) is 12.3 Å². The van der Waals surface area contributed by atoms with Crippen molar-refractivity contribution in [3.63, 3.8) is 0 Å². The number of nitrogens with zero attached hydrogens (tertiary/aromatic N) is 2. The number of amides is 3. The van der Waals surface area contributed by atoms with Crippen LogP contribution in [0, 0.1) is 0 Å². The molecule has 3 aliphatic heterocycles. The summed E-state index contributed by atoms with van der Waals surface area (Å²) < 4.78 is 5.43. The fourth-order valence-electron chi connectivity index (χ4n) is 4.61. The Bertz CT molecular complexity index is 982. The Morgan fingerprint density at radius 3 is 2.32 bits per heavy atom. The van der Waals surface area contributed by atoms with E-state index in [1.165, 1.54) is 0 Å². The molecular weight excluding hydrogens is 376 g/mol. The largest absolute Gasteiger partial charge is 0.431 e. The van der Waals surface area contributed by atoms with Crippen LogP contribution in [0.2, 0.25) is 0 Å². The van der Waals surface area contributed by atoms with Gasteiger partial charge in [-0.1, -0.05) is 60.7 Å². The SMILES string of the molecule is C[C@@]1(N2C(=O)O[C@@H](c3ccccc3)C2=O)C(=O)N2CCS[C@]21c1ccccc1. The number of hydrogen-bond acceptors (Lipinski definition) is 5. The lowest BCUT2D eigenvalue weighted by atomic mass is 9.74. The van der Waals surface area contributed by atoms with Crippen molar-refractivity contribution in [2.24, 2.45) is 0 Å². The third-order valence-corrected chi connectivity index (χ3v) is 7.55. The van der Waals surface area contributed by atoms with Gasteiger partial charge in [-0.2, -0.15) is 0 Å². The van der Waals surface area contributed by atoms with E-state index < -0.39 is 28.5 Å². The summed E-state index contributed by atoms with van der Waals surface area (Å²) in [6.45, 7) is 2.27. The number of imide groups is 1. The quantitative estimate of drug-likeness (QED) is 0.749. The summed E-state index contributed by atoms with van der Waals surface area (Å²) in [6.07, 6.45) is -1.79. The van der Waals surface area contributed by atoms with E-state index in [9.17, 15) is 14.4 Å². The van der Waals surface area contributed by atoms with Crippen molar-refractivity contribution in [3.8, 4) is 0 Å². The van der Waals surface area contributed by atoms with Gasteiger partial charge in [0.1, 0.15) is 4.87 Å². The second-order valence-corrected chi connectivity index (χ2v) is 8.52. The van der Waals surface area contributed by atoms with Crippen molar-refractivity contribution in [1.82, 2.24) is 9.80 Å². The second kappa shape index (κ2) is 5.85. The minimum Gasteiger partial charge on any atom is -0.431 e. The number of thioether (sulfide) groups is 1. The highest BCUT2D eigenvalue weighted by Gasteiger charge is 2.77. The van der Waals surface area contributed by atoms with E-state index in [0.29, 0.717) is 12.1 Å². The van der Waals surface area contributed by atoms with Gasteiger partial charge in [0.05, 0.1) is 0 Å². The minimum atomic E-state index is -1.33. The standard InChI is InChI=1S/C21H18N2O4S/c1-20(23-17(24)16(27-19(23)26)14-8-4-2-5-9-14)18(25)22-12-13-28-21(20,22)15-10-6-3-7-11-15/h2-11,16H,12-13H2,1H3/t16-,20+,21-/m0/s1. The van der Waals surface area contributed by atoms with Crippen LogP contribution in [0.1, 0.15) is 24.2 Å². The summed E-state index contributed by atoms with van der Waals surface area (Å²) in [6, 6.07) is 18.5. The number of carbonyl (C=O) groups excluding carboxylic acids is 3. The molecule has 3 amide bonds. The Kier molecular flexibility index (Phi) is 3.61. The highest BCUT2D eigenvalue weighted by Crippen LogP contribution is 2.63. The van der Waals surface area contributed by atoms with E-state index in [4.69, 9.17) is 4.74 Å². The fraction of sp³-hybridized carbons (Fsp3) is 0.286. The Hall–Kier alpha value is -2.80. The van der Waals surface area contributed by atoms with Crippen LogP contribution in [-0.2, 0) is 19.2 Å². The Morgan fingerprint density at radius 2 is 1.64 bits per heavy atom. The molecule has 3 fully saturated rings. The smallest absolute Gasteiger partial charge is 0.418 e. The van der Waals surface area contributed by atoms with Crippen LogP contribution in [-0.4, -0.2) is 45.5 Å². The predicted octanol–water partition coefficient (Wildman–Crippen LogP) is 2.91. The van der Waals surface area contributed by atoms with Gasteiger partial charge >= 0.3 is 6.09 Å². The third kappa shape index (κ3) is 1.92. The Labute approximate surface area is 166 Å². The molecule has 0 spiro atoms. The molecule has 0 radical (unpaired) electrons. The number of ether oxygens (including phenoxy) is 1. The molecule has 6 nitrogen and oxygen atoms in total. The van der Waals surface area contributed by atoms with Crippen molar-refractivity contribution in [2.45, 2.75) is 23.4 Å². The van der Waals surface area contributed by atoms with Crippen LogP contribution >= 0.6 is 11.8 Å². The molecule has 2 aromatic carbocycles. The molecule has 0 N–H and O–H groups in total. The molecule has 3 saturated heterocycles. The van der Waals surface area contributed by atoms with E-state index in [1.807, 2.05) is 36.4 Å². The number of carbonyl (C=O) groups is 3. The monoisotopic (exact) mass is 394 g/mol. The Balaban J connectivity index is 1.60. The lowest BCUT2D eigenvalue weighted by Crippen LogP contribution is -2.82. The number of β-lactam (4-membered cyclic amide) rings is 1. The van der Waals surface area contributed by atoms with Gasteiger partial charge in [0, 0.05) is 17.9 Å². The number of cyclic esters (lactones) is 1. The van der Waals surface area contributed by atoms with Crippen LogP contribution < -0.4 is 0 Å². The number of fused-ring (bicyclic) bond motifs is 1. The van der Waals surface area contributed by atoms with Gasteiger partial charge in [0.15, 0.2) is 5.54 Å². The van der Waals surface area contributed by atoms with Crippen LogP contribution in [0.5, 0.6) is 0 Å². The normalized spacial score (nSPS) is 31.6. The molecule has 0 aromatic heterocycles. The first-order valence-electron chi connectivity index (χ1n) is 9.13. The predicted molar refractivity (Wildman–Crippen MR) is 103 cm³/mol. The molecule has 3 aliphatic rings. The van der Waals surface area contributed by atoms with Crippen LogP contribution in [0.15, 0.2) is 60.7 Å². The number of benzene rings is 2. The first kappa shape index (κ1) is 17.3. The third-order valence-electron chi connectivity index (χ3n) is 5.89. The van der Waals surface area contributed by atoms with Gasteiger partial charge in [-0.05, 0) is 12.5 Å². The molecule has 0 bridgehead atoms. The Morgan fingerprint density at radius 1 is 1.00 bits per heavy atom. The highest BCUT2D eigenvalue weighted by molar-refractivity contribution is 8.00. The first-order valence-corrected chi connectivity index (χ1v) is 10.1. The summed E-state index contributed by atoms with van der Waals surface area (Å²) in [5.74, 6) is 0.0324. The molecule has 0 aliphatic carbocycles. The summed E-state index contributed by atoms with van der Waals surface area (Å²) >= 11 is 1.59. The van der Waals surface area contributed by atoms with Crippen molar-refractivity contribution in [3.05, 3.63) is 71.8 Å². The van der Waals surface area contributed by atoms with E-state index in [0.717, 1.165) is 16.2 Å². The van der Waals surface area contributed by atoms with E-state index in [2.05, 4.69) is 0 Å². The van der Waals surface area contributed by atoms with Crippen LogP contribution in [0.4, 0.5) is 4.79 Å². The van der Waals surface area contributed by atoms with E-state index in [-0.39, 0.29) is 5.91 Å². The van der Waals surface area contributed by atoms with E-state index >= 15 is 0 Å². The topological polar surface area (TPSA) is 66.9 Å². The van der Waals surface area contributed by atoms with Crippen molar-refractivity contribution in [1.29, 1.82) is 0 Å². The molecule has 7 heteroatoms. The molecule has 5 rings (SSSR count). The summed E-state index contributed by atoms with van der Waals surface area (Å²) in [5, 5.41) is 0. The molecule has 28 heavy (non-hydrogen) atoms. The van der Waals surface area contributed by atoms with Gasteiger partial charge < -0.3 is 9.64 Å². The zero-order valence-electron chi connectivity index (χ0n) is 15.2. The molecule has 2 aromatic rings. The first-order chi connectivity index (χ1) is 13.5.